The minimum absolute atomic E-state index is 1.04. The number of rotatable bonds is 0. The topological polar surface area (TPSA) is 40.7 Å². The third kappa shape index (κ3) is 0.630. The Balaban J connectivity index is 2.46. The summed E-state index contributed by atoms with van der Waals surface area (Å²) in [7, 11) is 0. The average Bonchev–Trinajstić information content (AvgIpc) is 2.71. The highest BCUT2D eigenvalue weighted by Crippen LogP contribution is 2.28. The van der Waals surface area contributed by atoms with Crippen LogP contribution in [0.5, 0.6) is 0 Å². The molecule has 0 saturated heterocycles. The lowest BCUT2D eigenvalue weighted by Gasteiger charge is -1.99. The van der Waals surface area contributed by atoms with Crippen molar-refractivity contribution in [2.75, 3.05) is 11.9 Å². The fourth-order valence-electron chi connectivity index (χ4n) is 1.79. The molecule has 1 aliphatic rings. The molecule has 2 heterocycles. The number of fused-ring (bicyclic) bond motifs is 3. The quantitative estimate of drug-likeness (QED) is 0.612. The fraction of sp³-hybridized carbons (Fsp3) is 0.222. The number of anilines is 1. The van der Waals surface area contributed by atoms with Crippen molar-refractivity contribution in [3.63, 3.8) is 0 Å². The highest BCUT2D eigenvalue weighted by molar-refractivity contribution is 5.90. The van der Waals surface area contributed by atoms with Gasteiger partial charge in [0.15, 0.2) is 0 Å². The first-order valence-electron chi connectivity index (χ1n) is 4.14. The van der Waals surface area contributed by atoms with Crippen molar-refractivity contribution >= 4 is 16.7 Å². The van der Waals surface area contributed by atoms with Gasteiger partial charge in [0.05, 0.1) is 23.0 Å². The number of nitrogens with zero attached hydrogens (tertiary/aromatic N) is 1. The Hall–Kier alpha value is -1.51. The molecule has 0 atom stereocenters. The Kier molecular flexibility index (Phi) is 1.01. The molecule has 12 heavy (non-hydrogen) atoms. The first kappa shape index (κ1) is 6.06. The van der Waals surface area contributed by atoms with Crippen LogP contribution in [0.3, 0.4) is 0 Å². The van der Waals surface area contributed by atoms with Gasteiger partial charge in [0.25, 0.3) is 0 Å². The van der Waals surface area contributed by atoms with Gasteiger partial charge >= 0.3 is 0 Å². The van der Waals surface area contributed by atoms with Crippen molar-refractivity contribution in [1.82, 2.24) is 9.97 Å². The summed E-state index contributed by atoms with van der Waals surface area (Å²) in [6.07, 6.45) is 2.87. The van der Waals surface area contributed by atoms with E-state index in [0.29, 0.717) is 0 Å². The Morgan fingerprint density at radius 3 is 3.33 bits per heavy atom. The van der Waals surface area contributed by atoms with Gasteiger partial charge in [-0.25, -0.2) is 4.98 Å². The highest BCUT2D eigenvalue weighted by atomic mass is 15.0. The number of imidazole rings is 1. The molecule has 0 fully saturated rings. The summed E-state index contributed by atoms with van der Waals surface area (Å²) in [5.74, 6) is 0. The molecule has 0 aliphatic carbocycles. The van der Waals surface area contributed by atoms with Gasteiger partial charge in [0.2, 0.25) is 0 Å². The summed E-state index contributed by atoms with van der Waals surface area (Å²) in [5, 5.41) is 3.36. The first-order chi connectivity index (χ1) is 5.95. The zero-order valence-electron chi connectivity index (χ0n) is 6.59. The molecule has 60 valence electrons. The maximum Gasteiger partial charge on any atom is 0.0932 e. The maximum atomic E-state index is 4.20. The Bertz CT molecular complexity index is 430. The monoisotopic (exact) mass is 159 g/mol. The van der Waals surface area contributed by atoms with E-state index in [1.54, 1.807) is 6.33 Å². The molecule has 0 saturated carbocycles. The van der Waals surface area contributed by atoms with Crippen LogP contribution in [0.25, 0.3) is 11.0 Å². The molecule has 2 aromatic rings. The van der Waals surface area contributed by atoms with Gasteiger partial charge in [-0.2, -0.15) is 0 Å². The molecule has 0 spiro atoms. The molecule has 1 aromatic carbocycles. The van der Waals surface area contributed by atoms with Gasteiger partial charge in [0.1, 0.15) is 0 Å². The van der Waals surface area contributed by atoms with Gasteiger partial charge in [-0.15, -0.1) is 0 Å². The third-order valence-electron chi connectivity index (χ3n) is 2.38. The number of hydrogen-bond acceptors (Lipinski definition) is 2. The van der Waals surface area contributed by atoms with Gasteiger partial charge < -0.3 is 10.3 Å². The molecular weight excluding hydrogens is 150 g/mol. The van der Waals surface area contributed by atoms with Gasteiger partial charge in [-0.3, -0.25) is 0 Å². The largest absolute Gasteiger partial charge is 0.383 e. The van der Waals surface area contributed by atoms with E-state index < -0.39 is 0 Å². The normalized spacial score (nSPS) is 14.7. The zero-order chi connectivity index (χ0) is 7.97. The average molecular weight is 159 g/mol. The standard InChI is InChI=1S/C9H9N3/c1-2-7-9(12-5-11-7)8-6(1)3-4-10-8/h1-2,5,10H,3-4H2,(H,11,12). The molecule has 0 radical (unpaired) electrons. The molecule has 0 bridgehead atoms. The molecule has 3 heteroatoms. The number of nitrogens with one attached hydrogen (secondary N) is 2. The number of aromatic amines is 1. The first-order valence-corrected chi connectivity index (χ1v) is 4.14. The molecule has 0 unspecified atom stereocenters. The summed E-state index contributed by atoms with van der Waals surface area (Å²) in [4.78, 5) is 7.35. The lowest BCUT2D eigenvalue weighted by atomic mass is 10.1. The number of benzene rings is 1. The van der Waals surface area contributed by atoms with Gasteiger partial charge in [-0.05, 0) is 18.1 Å². The van der Waals surface area contributed by atoms with Crippen LogP contribution in [0.1, 0.15) is 5.56 Å². The minimum atomic E-state index is 1.04. The lowest BCUT2D eigenvalue weighted by molar-refractivity contribution is 1.11. The summed E-state index contributed by atoms with van der Waals surface area (Å²) in [6.45, 7) is 1.05. The summed E-state index contributed by atoms with van der Waals surface area (Å²) in [6, 6.07) is 4.22. The van der Waals surface area contributed by atoms with E-state index in [1.807, 2.05) is 0 Å². The van der Waals surface area contributed by atoms with E-state index in [1.165, 1.54) is 11.3 Å². The van der Waals surface area contributed by atoms with Gasteiger partial charge in [-0.1, -0.05) is 6.07 Å². The van der Waals surface area contributed by atoms with E-state index in [2.05, 4.69) is 27.4 Å². The van der Waals surface area contributed by atoms with E-state index >= 15 is 0 Å². The molecule has 1 aliphatic heterocycles. The van der Waals surface area contributed by atoms with Crippen molar-refractivity contribution in [3.05, 3.63) is 24.0 Å². The second-order valence-corrected chi connectivity index (χ2v) is 3.07. The van der Waals surface area contributed by atoms with Crippen LogP contribution in [0.15, 0.2) is 18.5 Å². The van der Waals surface area contributed by atoms with Crippen LogP contribution < -0.4 is 5.32 Å². The Morgan fingerprint density at radius 1 is 1.33 bits per heavy atom. The summed E-state index contributed by atoms with van der Waals surface area (Å²) < 4.78 is 0. The lowest BCUT2D eigenvalue weighted by Crippen LogP contribution is -1.91. The van der Waals surface area contributed by atoms with E-state index in [0.717, 1.165) is 24.0 Å². The molecule has 2 N–H and O–H groups in total. The van der Waals surface area contributed by atoms with Crippen LogP contribution >= 0.6 is 0 Å². The number of H-pyrrole nitrogens is 1. The molecule has 0 amide bonds. The SMILES string of the molecule is c1nc2ccc3c(c2[nH]1)NCC3. The number of hydrogen-bond donors (Lipinski definition) is 2. The summed E-state index contributed by atoms with van der Waals surface area (Å²) in [5.41, 5.74) is 4.82. The van der Waals surface area contributed by atoms with Crippen LogP contribution in [0, 0.1) is 0 Å². The Morgan fingerprint density at radius 2 is 2.33 bits per heavy atom. The van der Waals surface area contributed by atoms with E-state index in [-0.39, 0.29) is 0 Å². The van der Waals surface area contributed by atoms with Crippen LogP contribution in [-0.2, 0) is 6.42 Å². The minimum Gasteiger partial charge on any atom is -0.383 e. The van der Waals surface area contributed by atoms with Crippen LogP contribution in [-0.4, -0.2) is 16.5 Å². The fourth-order valence-corrected chi connectivity index (χ4v) is 1.79. The third-order valence-corrected chi connectivity index (χ3v) is 2.38. The predicted octanol–water partition coefficient (Wildman–Crippen LogP) is 1.53. The van der Waals surface area contributed by atoms with Crippen molar-refractivity contribution < 1.29 is 0 Å². The molecule has 3 nitrogen and oxygen atoms in total. The van der Waals surface area contributed by atoms with Crippen molar-refractivity contribution in [3.8, 4) is 0 Å². The van der Waals surface area contributed by atoms with Crippen molar-refractivity contribution in [2.24, 2.45) is 0 Å². The highest BCUT2D eigenvalue weighted by Gasteiger charge is 2.13. The maximum absolute atomic E-state index is 4.20. The van der Waals surface area contributed by atoms with E-state index in [9.17, 15) is 0 Å². The number of aromatic nitrogens is 2. The second kappa shape index (κ2) is 2.00. The smallest absolute Gasteiger partial charge is 0.0932 e. The van der Waals surface area contributed by atoms with Crippen molar-refractivity contribution in [1.29, 1.82) is 0 Å². The van der Waals surface area contributed by atoms with Crippen molar-refractivity contribution in [2.45, 2.75) is 6.42 Å². The second-order valence-electron chi connectivity index (χ2n) is 3.07. The van der Waals surface area contributed by atoms with Crippen LogP contribution in [0.4, 0.5) is 5.69 Å². The predicted molar refractivity (Wildman–Crippen MR) is 48.3 cm³/mol. The molecule has 1 aromatic heterocycles. The Labute approximate surface area is 69.8 Å². The van der Waals surface area contributed by atoms with E-state index in [4.69, 9.17) is 0 Å². The van der Waals surface area contributed by atoms with Crippen LogP contribution in [0.2, 0.25) is 0 Å². The molecule has 3 rings (SSSR count). The zero-order valence-corrected chi connectivity index (χ0v) is 6.59. The van der Waals surface area contributed by atoms with Gasteiger partial charge in [0, 0.05) is 6.54 Å². The summed E-state index contributed by atoms with van der Waals surface area (Å²) >= 11 is 0. The molecular formula is C9H9N3.